The zero-order valence-corrected chi connectivity index (χ0v) is 9.94. The summed E-state index contributed by atoms with van der Waals surface area (Å²) in [6.45, 7) is 0. The van der Waals surface area contributed by atoms with Crippen molar-refractivity contribution in [3.8, 4) is 0 Å². The van der Waals surface area contributed by atoms with Crippen LogP contribution in [0.2, 0.25) is 0 Å². The average Bonchev–Trinajstić information content (AvgIpc) is 3.00. The average molecular weight is 270 g/mol. The molecule has 0 aliphatic heterocycles. The summed E-state index contributed by atoms with van der Waals surface area (Å²) in [6, 6.07) is 20.0. The number of nitrogens with zero attached hydrogens (tertiary/aromatic N) is 2. The molecule has 4 nitrogen and oxygen atoms in total. The summed E-state index contributed by atoms with van der Waals surface area (Å²) in [7, 11) is 0. The van der Waals surface area contributed by atoms with E-state index in [1.54, 1.807) is 0 Å². The first-order valence-corrected chi connectivity index (χ1v) is 4.19. The van der Waals surface area contributed by atoms with Gasteiger partial charge in [-0.25, -0.2) is 24.3 Å². The molecule has 0 aromatic heterocycles. The van der Waals surface area contributed by atoms with Crippen LogP contribution in [0.4, 0.5) is 0 Å². The molecule has 90 valence electrons. The minimum Gasteiger partial charge on any atom is -0.724 e. The molecule has 0 aliphatic carbocycles. The van der Waals surface area contributed by atoms with Crippen LogP contribution in [0, 0.1) is 0 Å². The van der Waals surface area contributed by atoms with Crippen LogP contribution in [0.15, 0.2) is 60.7 Å². The molecule has 0 N–H and O–H groups in total. The fourth-order valence-electron chi connectivity index (χ4n) is 0.642. The van der Waals surface area contributed by atoms with Crippen LogP contribution in [-0.2, 0) is 26.7 Å². The monoisotopic (exact) mass is 270 g/mol. The number of rotatable bonds is 0. The summed E-state index contributed by atoms with van der Waals surface area (Å²) in [5.41, 5.74) is 0. The topological polar surface area (TPSA) is 78.7 Å². The standard InChI is InChI=1S/2C5H5.2CNO.Fe/c2*1-2-4-5-3-1;2*2-1-3;/h2*1-5H;;;/q4*-1;+2. The van der Waals surface area contributed by atoms with E-state index < -0.39 is 0 Å². The zero-order valence-electron chi connectivity index (χ0n) is 8.84. The second-order valence-electron chi connectivity index (χ2n) is 2.11. The molecule has 0 aliphatic rings. The predicted molar refractivity (Wildman–Crippen MR) is 62.2 cm³/mol. The predicted octanol–water partition coefficient (Wildman–Crippen LogP) is 2.59. The molecule has 0 heterocycles. The van der Waals surface area contributed by atoms with Crippen LogP contribution in [0.25, 0.3) is 10.8 Å². The maximum Gasteiger partial charge on any atom is 2.00 e. The quantitative estimate of drug-likeness (QED) is 0.319. The molecule has 0 amide bonds. The van der Waals surface area contributed by atoms with Gasteiger partial charge in [0.05, 0.1) is 0 Å². The minimum atomic E-state index is 0. The molecule has 17 heavy (non-hydrogen) atoms. The van der Waals surface area contributed by atoms with Crippen molar-refractivity contribution in [2.75, 3.05) is 0 Å². The number of carbonyl (C=O) groups excluding carboxylic acids is 2. The SMILES string of the molecule is [Fe+2].[N-]=C=O.[N-]=C=O.c1cc[cH-]c1.c1cc[cH-]c1. The normalized spacial score (nSPS) is 5.65. The van der Waals surface area contributed by atoms with Gasteiger partial charge in [0.25, 0.3) is 0 Å². The molecule has 2 aromatic rings. The fraction of sp³-hybridized carbons (Fsp3) is 0. The van der Waals surface area contributed by atoms with Crippen molar-refractivity contribution in [2.45, 2.75) is 0 Å². The molecule has 0 spiro atoms. The summed E-state index contributed by atoms with van der Waals surface area (Å²) in [5, 5.41) is 13.5. The molecule has 0 radical (unpaired) electrons. The molecule has 0 saturated heterocycles. The number of isocyanates is 2. The third-order valence-electron chi connectivity index (χ3n) is 1.11. The Bertz CT molecular complexity index is 284. The Kier molecular flexibility index (Phi) is 28.4. The number of hydrogen-bond donors (Lipinski definition) is 0. The van der Waals surface area contributed by atoms with Crippen molar-refractivity contribution in [3.63, 3.8) is 0 Å². The molecule has 0 fully saturated rings. The summed E-state index contributed by atoms with van der Waals surface area (Å²) >= 11 is 0. The molecule has 0 unspecified atom stereocenters. The van der Waals surface area contributed by atoms with Crippen molar-refractivity contribution in [1.82, 2.24) is 0 Å². The van der Waals surface area contributed by atoms with Gasteiger partial charge >= 0.3 is 17.1 Å². The van der Waals surface area contributed by atoms with E-state index in [1.165, 1.54) is 0 Å². The van der Waals surface area contributed by atoms with E-state index in [-0.39, 0.29) is 17.1 Å². The first-order valence-electron chi connectivity index (χ1n) is 4.19. The van der Waals surface area contributed by atoms with Gasteiger partial charge in [0, 0.05) is 0 Å². The molecule has 2 rings (SSSR count). The Hall–Kier alpha value is -2.02. The van der Waals surface area contributed by atoms with Gasteiger partial charge in [-0.2, -0.15) is 36.4 Å². The number of hydrogen-bond acceptors (Lipinski definition) is 2. The first kappa shape index (κ1) is 20.4. The van der Waals surface area contributed by atoms with Gasteiger partial charge in [0.2, 0.25) is 0 Å². The summed E-state index contributed by atoms with van der Waals surface area (Å²) < 4.78 is 0. The molecule has 0 atom stereocenters. The Morgan fingerprint density at radius 1 is 0.706 bits per heavy atom. The Morgan fingerprint density at radius 3 is 0.941 bits per heavy atom. The van der Waals surface area contributed by atoms with Gasteiger partial charge in [-0.3, -0.25) is 9.59 Å². The van der Waals surface area contributed by atoms with E-state index >= 15 is 0 Å². The van der Waals surface area contributed by atoms with Gasteiger partial charge in [-0.15, -0.1) is 0 Å². The molecular weight excluding hydrogens is 260 g/mol. The minimum absolute atomic E-state index is 0. The van der Waals surface area contributed by atoms with Crippen LogP contribution in [0.3, 0.4) is 0 Å². The summed E-state index contributed by atoms with van der Waals surface area (Å²) in [4.78, 5) is 16.5. The van der Waals surface area contributed by atoms with Gasteiger partial charge in [0.1, 0.15) is 0 Å². The fourth-order valence-corrected chi connectivity index (χ4v) is 0.642. The van der Waals surface area contributed by atoms with Crippen LogP contribution in [0.1, 0.15) is 0 Å². The maximum atomic E-state index is 8.24. The van der Waals surface area contributed by atoms with E-state index in [1.807, 2.05) is 60.7 Å². The van der Waals surface area contributed by atoms with Crippen LogP contribution in [0.5, 0.6) is 0 Å². The summed E-state index contributed by atoms with van der Waals surface area (Å²) in [5.74, 6) is 0. The molecule has 0 saturated carbocycles. The van der Waals surface area contributed by atoms with Crippen molar-refractivity contribution in [1.29, 1.82) is 0 Å². The van der Waals surface area contributed by atoms with E-state index in [9.17, 15) is 0 Å². The summed E-state index contributed by atoms with van der Waals surface area (Å²) in [6.07, 6.45) is 1.00. The van der Waals surface area contributed by atoms with Gasteiger partial charge in [-0.05, 0) is 12.2 Å². The van der Waals surface area contributed by atoms with Crippen molar-refractivity contribution < 1.29 is 26.7 Å². The van der Waals surface area contributed by atoms with Gasteiger partial charge in [-0.1, -0.05) is 0 Å². The van der Waals surface area contributed by atoms with E-state index in [0.29, 0.717) is 12.2 Å². The second kappa shape index (κ2) is 23.6. The molecule has 2 aromatic carbocycles. The van der Waals surface area contributed by atoms with Crippen LogP contribution >= 0.6 is 0 Å². The maximum absolute atomic E-state index is 8.24. The largest absolute Gasteiger partial charge is 2.00 e. The van der Waals surface area contributed by atoms with Crippen LogP contribution in [-0.4, -0.2) is 12.2 Å². The van der Waals surface area contributed by atoms with Crippen molar-refractivity contribution in [3.05, 3.63) is 71.5 Å². The first-order chi connectivity index (χ1) is 7.83. The van der Waals surface area contributed by atoms with Gasteiger partial charge < -0.3 is 10.8 Å². The van der Waals surface area contributed by atoms with E-state index in [2.05, 4.69) is 0 Å². The Morgan fingerprint density at radius 2 is 0.882 bits per heavy atom. The second-order valence-corrected chi connectivity index (χ2v) is 2.11. The van der Waals surface area contributed by atoms with E-state index in [0.717, 1.165) is 0 Å². The molecule has 0 bridgehead atoms. The molecule has 5 heteroatoms. The molecular formula is C12H10FeN2O2-2. The van der Waals surface area contributed by atoms with Crippen molar-refractivity contribution >= 4 is 12.2 Å². The van der Waals surface area contributed by atoms with Crippen LogP contribution < -0.4 is 0 Å². The van der Waals surface area contributed by atoms with Crippen molar-refractivity contribution in [2.24, 2.45) is 0 Å². The smallest absolute Gasteiger partial charge is 0.724 e. The third kappa shape index (κ3) is 31.5. The van der Waals surface area contributed by atoms with E-state index in [4.69, 9.17) is 20.4 Å². The Labute approximate surface area is 111 Å². The zero-order chi connectivity index (χ0) is 12.5. The van der Waals surface area contributed by atoms with Gasteiger partial charge in [0.15, 0.2) is 0 Å². The Balaban J connectivity index is -0.000000157. The third-order valence-corrected chi connectivity index (χ3v) is 1.11.